The molecule has 0 saturated carbocycles. The van der Waals surface area contributed by atoms with E-state index in [0.717, 1.165) is 38.2 Å². The van der Waals surface area contributed by atoms with E-state index in [2.05, 4.69) is 40.7 Å². The third-order valence-corrected chi connectivity index (χ3v) is 5.31. The van der Waals surface area contributed by atoms with E-state index in [1.165, 1.54) is 10.5 Å². The SMILES string of the molecule is CSc1ccc(CN2CCC(C(=O)Nc3ccccc3)CC2)cc1. The first-order valence-corrected chi connectivity index (χ1v) is 9.68. The number of hydrogen-bond donors (Lipinski definition) is 1. The van der Waals surface area contributed by atoms with Crippen LogP contribution in [0.3, 0.4) is 0 Å². The third-order valence-electron chi connectivity index (χ3n) is 4.56. The zero-order valence-electron chi connectivity index (χ0n) is 14.1. The minimum atomic E-state index is 0.125. The van der Waals surface area contributed by atoms with Crippen LogP contribution in [0.15, 0.2) is 59.5 Å². The molecule has 3 rings (SSSR count). The van der Waals surface area contributed by atoms with E-state index in [9.17, 15) is 4.79 Å². The van der Waals surface area contributed by atoms with Gasteiger partial charge in [0.05, 0.1) is 0 Å². The van der Waals surface area contributed by atoms with Gasteiger partial charge in [-0.1, -0.05) is 30.3 Å². The molecule has 1 amide bonds. The third kappa shape index (κ3) is 4.62. The maximum Gasteiger partial charge on any atom is 0.227 e. The van der Waals surface area contributed by atoms with Crippen LogP contribution < -0.4 is 5.32 Å². The Kier molecular flexibility index (Phi) is 5.94. The molecule has 0 bridgehead atoms. The standard InChI is InChI=1S/C20H24N2OS/c1-24-19-9-7-16(8-10-19)15-22-13-11-17(12-14-22)20(23)21-18-5-3-2-4-6-18/h2-10,17H,11-15H2,1H3,(H,21,23). The fourth-order valence-electron chi connectivity index (χ4n) is 3.11. The van der Waals surface area contributed by atoms with Gasteiger partial charge in [-0.3, -0.25) is 9.69 Å². The summed E-state index contributed by atoms with van der Waals surface area (Å²) in [7, 11) is 0. The lowest BCUT2D eigenvalue weighted by molar-refractivity contribution is -0.121. The van der Waals surface area contributed by atoms with Crippen molar-refractivity contribution < 1.29 is 4.79 Å². The predicted octanol–water partition coefficient (Wildman–Crippen LogP) is 4.26. The highest BCUT2D eigenvalue weighted by Gasteiger charge is 2.24. The van der Waals surface area contributed by atoms with Crippen LogP contribution in [-0.2, 0) is 11.3 Å². The highest BCUT2D eigenvalue weighted by Crippen LogP contribution is 2.22. The number of amides is 1. The number of carbonyl (C=O) groups is 1. The smallest absolute Gasteiger partial charge is 0.227 e. The number of likely N-dealkylation sites (tertiary alicyclic amines) is 1. The second-order valence-corrected chi connectivity index (χ2v) is 7.13. The lowest BCUT2D eigenvalue weighted by Gasteiger charge is -2.31. The van der Waals surface area contributed by atoms with Crippen molar-refractivity contribution in [2.45, 2.75) is 24.3 Å². The summed E-state index contributed by atoms with van der Waals surface area (Å²) in [6.45, 7) is 2.94. The monoisotopic (exact) mass is 340 g/mol. The van der Waals surface area contributed by atoms with Crippen molar-refractivity contribution in [2.24, 2.45) is 5.92 Å². The van der Waals surface area contributed by atoms with Crippen LogP contribution >= 0.6 is 11.8 Å². The first-order chi connectivity index (χ1) is 11.7. The molecule has 126 valence electrons. The average Bonchev–Trinajstić information content (AvgIpc) is 2.64. The summed E-state index contributed by atoms with van der Waals surface area (Å²) < 4.78 is 0. The lowest BCUT2D eigenvalue weighted by atomic mass is 9.95. The van der Waals surface area contributed by atoms with E-state index in [0.29, 0.717) is 0 Å². The molecule has 2 aromatic rings. The molecular formula is C20H24N2OS. The van der Waals surface area contributed by atoms with Gasteiger partial charge in [0.2, 0.25) is 5.91 Å². The maximum atomic E-state index is 12.4. The van der Waals surface area contributed by atoms with Gasteiger partial charge in [-0.25, -0.2) is 0 Å². The second-order valence-electron chi connectivity index (χ2n) is 6.25. The molecule has 24 heavy (non-hydrogen) atoms. The molecule has 1 heterocycles. The second kappa shape index (κ2) is 8.36. The van der Waals surface area contributed by atoms with Gasteiger partial charge in [-0.15, -0.1) is 11.8 Å². The number of nitrogens with zero attached hydrogens (tertiary/aromatic N) is 1. The van der Waals surface area contributed by atoms with Crippen molar-refractivity contribution in [2.75, 3.05) is 24.7 Å². The molecule has 0 unspecified atom stereocenters. The number of carbonyl (C=O) groups excluding carboxylic acids is 1. The van der Waals surface area contributed by atoms with Gasteiger partial charge in [-0.2, -0.15) is 0 Å². The first kappa shape index (κ1) is 17.1. The van der Waals surface area contributed by atoms with Crippen molar-refractivity contribution in [1.82, 2.24) is 4.90 Å². The molecule has 1 fully saturated rings. The molecule has 2 aromatic carbocycles. The zero-order valence-corrected chi connectivity index (χ0v) is 14.9. The van der Waals surface area contributed by atoms with Crippen molar-refractivity contribution >= 4 is 23.4 Å². The first-order valence-electron chi connectivity index (χ1n) is 8.46. The van der Waals surface area contributed by atoms with Crippen LogP contribution in [0.4, 0.5) is 5.69 Å². The number of hydrogen-bond acceptors (Lipinski definition) is 3. The molecule has 0 aromatic heterocycles. The Hall–Kier alpha value is -1.78. The van der Waals surface area contributed by atoms with Crippen LogP contribution in [-0.4, -0.2) is 30.2 Å². The predicted molar refractivity (Wildman–Crippen MR) is 101 cm³/mol. The van der Waals surface area contributed by atoms with Crippen LogP contribution in [0.1, 0.15) is 18.4 Å². The molecular weight excluding hydrogens is 316 g/mol. The van der Waals surface area contributed by atoms with Gasteiger partial charge in [-0.05, 0) is 62.0 Å². The Bertz CT molecular complexity index is 649. The zero-order chi connectivity index (χ0) is 16.8. The fraction of sp³-hybridized carbons (Fsp3) is 0.350. The Labute approximate surface area is 148 Å². The summed E-state index contributed by atoms with van der Waals surface area (Å²) in [6, 6.07) is 18.5. The molecule has 0 radical (unpaired) electrons. The number of benzene rings is 2. The highest BCUT2D eigenvalue weighted by molar-refractivity contribution is 7.98. The molecule has 1 aliphatic rings. The number of para-hydroxylation sites is 1. The minimum absolute atomic E-state index is 0.125. The van der Waals surface area contributed by atoms with Crippen LogP contribution in [0.2, 0.25) is 0 Å². The Morgan fingerprint density at radius 2 is 1.75 bits per heavy atom. The quantitative estimate of drug-likeness (QED) is 0.826. The van der Waals surface area contributed by atoms with Crippen molar-refractivity contribution in [3.05, 3.63) is 60.2 Å². The lowest BCUT2D eigenvalue weighted by Crippen LogP contribution is -2.37. The minimum Gasteiger partial charge on any atom is -0.326 e. The van der Waals surface area contributed by atoms with Gasteiger partial charge < -0.3 is 5.32 Å². The summed E-state index contributed by atoms with van der Waals surface area (Å²) in [5.74, 6) is 0.283. The van der Waals surface area contributed by atoms with Gasteiger partial charge >= 0.3 is 0 Å². The molecule has 1 N–H and O–H groups in total. The fourth-order valence-corrected chi connectivity index (χ4v) is 3.52. The summed E-state index contributed by atoms with van der Waals surface area (Å²) in [5, 5.41) is 3.03. The van der Waals surface area contributed by atoms with Crippen molar-refractivity contribution in [3.63, 3.8) is 0 Å². The Morgan fingerprint density at radius 3 is 2.38 bits per heavy atom. The van der Waals surface area contributed by atoms with E-state index in [-0.39, 0.29) is 11.8 Å². The highest BCUT2D eigenvalue weighted by atomic mass is 32.2. The molecule has 0 atom stereocenters. The van der Waals surface area contributed by atoms with Crippen LogP contribution in [0.25, 0.3) is 0 Å². The van der Waals surface area contributed by atoms with E-state index in [1.807, 2.05) is 30.3 Å². The van der Waals surface area contributed by atoms with E-state index in [4.69, 9.17) is 0 Å². The maximum absolute atomic E-state index is 12.4. The van der Waals surface area contributed by atoms with Gasteiger partial charge in [0.25, 0.3) is 0 Å². The van der Waals surface area contributed by atoms with Crippen molar-refractivity contribution in [3.8, 4) is 0 Å². The Balaban J connectivity index is 1.47. The van der Waals surface area contributed by atoms with E-state index >= 15 is 0 Å². The number of anilines is 1. The van der Waals surface area contributed by atoms with Gasteiger partial charge in [0, 0.05) is 23.0 Å². The number of piperidine rings is 1. The summed E-state index contributed by atoms with van der Waals surface area (Å²) in [4.78, 5) is 16.1. The van der Waals surface area contributed by atoms with Crippen molar-refractivity contribution in [1.29, 1.82) is 0 Å². The summed E-state index contributed by atoms with van der Waals surface area (Å²) >= 11 is 1.77. The van der Waals surface area contributed by atoms with Gasteiger partial charge in [0.15, 0.2) is 0 Å². The summed E-state index contributed by atoms with van der Waals surface area (Å²) in [6.07, 6.45) is 3.96. The number of thioether (sulfide) groups is 1. The normalized spacial score (nSPS) is 16.0. The average molecular weight is 340 g/mol. The van der Waals surface area contributed by atoms with E-state index < -0.39 is 0 Å². The summed E-state index contributed by atoms with van der Waals surface area (Å²) in [5.41, 5.74) is 2.24. The molecule has 4 heteroatoms. The van der Waals surface area contributed by atoms with Crippen LogP contribution in [0.5, 0.6) is 0 Å². The molecule has 0 spiro atoms. The number of rotatable bonds is 5. The topological polar surface area (TPSA) is 32.3 Å². The number of nitrogens with one attached hydrogen (secondary N) is 1. The van der Waals surface area contributed by atoms with E-state index in [1.54, 1.807) is 11.8 Å². The molecule has 3 nitrogen and oxygen atoms in total. The van der Waals surface area contributed by atoms with Gasteiger partial charge in [0.1, 0.15) is 0 Å². The molecule has 1 saturated heterocycles. The molecule has 0 aliphatic carbocycles. The molecule has 1 aliphatic heterocycles. The Morgan fingerprint density at radius 1 is 1.08 bits per heavy atom. The largest absolute Gasteiger partial charge is 0.326 e. The van der Waals surface area contributed by atoms with Crippen LogP contribution in [0, 0.1) is 5.92 Å².